The van der Waals surface area contributed by atoms with Crippen LogP contribution in [0.5, 0.6) is 0 Å². The summed E-state index contributed by atoms with van der Waals surface area (Å²) in [6.45, 7) is 0. The number of likely N-dealkylation sites (N-methyl/N-ethyl adjacent to an activating group) is 1. The van der Waals surface area contributed by atoms with Gasteiger partial charge in [0.15, 0.2) is 0 Å². The van der Waals surface area contributed by atoms with E-state index in [1.165, 1.54) is 6.07 Å². The van der Waals surface area contributed by atoms with Crippen LogP contribution in [0.25, 0.3) is 0 Å². The monoisotopic (exact) mass is 331 g/mol. The van der Waals surface area contributed by atoms with Crippen molar-refractivity contribution in [1.82, 2.24) is 5.32 Å². The lowest BCUT2D eigenvalue weighted by atomic mass is 9.98. The fourth-order valence-corrected chi connectivity index (χ4v) is 2.98. The van der Waals surface area contributed by atoms with Gasteiger partial charge in [0.2, 0.25) is 0 Å². The minimum absolute atomic E-state index is 0.135. The van der Waals surface area contributed by atoms with E-state index in [0.717, 1.165) is 5.56 Å². The number of halogens is 4. The average molecular weight is 333 g/mol. The van der Waals surface area contributed by atoms with Crippen LogP contribution in [0.2, 0.25) is 15.1 Å². The molecule has 0 heterocycles. The molecule has 0 spiro atoms. The Morgan fingerprint density at radius 1 is 1.05 bits per heavy atom. The van der Waals surface area contributed by atoms with Gasteiger partial charge < -0.3 is 5.32 Å². The molecule has 1 unspecified atom stereocenters. The van der Waals surface area contributed by atoms with E-state index in [1.807, 2.05) is 0 Å². The van der Waals surface area contributed by atoms with Crippen LogP contribution in [-0.2, 0) is 6.42 Å². The third kappa shape index (κ3) is 3.26. The summed E-state index contributed by atoms with van der Waals surface area (Å²) in [6, 6.07) is 9.97. The summed E-state index contributed by atoms with van der Waals surface area (Å²) in [5.74, 6) is -0.427. The first-order valence-electron chi connectivity index (χ1n) is 6.08. The molecule has 5 heteroatoms. The predicted octanol–water partition coefficient (Wildman–Crippen LogP) is 5.29. The van der Waals surface area contributed by atoms with Crippen LogP contribution in [0, 0.1) is 5.82 Å². The van der Waals surface area contributed by atoms with Crippen molar-refractivity contribution in [2.24, 2.45) is 0 Å². The standard InChI is InChI=1S/C15H13Cl3FN/c1-20-13(14-10(16)5-3-6-11(14)17)8-9-4-2-7-12(19)15(9)18/h2-7,13,20H,8H2,1H3. The van der Waals surface area contributed by atoms with Crippen LogP contribution < -0.4 is 5.32 Å². The first kappa shape index (κ1) is 15.6. The van der Waals surface area contributed by atoms with Crippen molar-refractivity contribution in [2.75, 3.05) is 7.05 Å². The molecule has 2 aromatic carbocycles. The number of benzene rings is 2. The van der Waals surface area contributed by atoms with Gasteiger partial charge in [-0.25, -0.2) is 4.39 Å². The number of nitrogens with one attached hydrogen (secondary N) is 1. The Morgan fingerprint density at radius 3 is 2.25 bits per heavy atom. The maximum atomic E-state index is 13.5. The Labute approximate surface area is 132 Å². The van der Waals surface area contributed by atoms with Crippen molar-refractivity contribution >= 4 is 34.8 Å². The predicted molar refractivity (Wildman–Crippen MR) is 83.4 cm³/mol. The highest BCUT2D eigenvalue weighted by atomic mass is 35.5. The van der Waals surface area contributed by atoms with Gasteiger partial charge in [-0.1, -0.05) is 53.0 Å². The van der Waals surface area contributed by atoms with Crippen LogP contribution in [0.4, 0.5) is 4.39 Å². The number of hydrogen-bond acceptors (Lipinski definition) is 1. The largest absolute Gasteiger partial charge is 0.313 e. The van der Waals surface area contributed by atoms with E-state index in [9.17, 15) is 4.39 Å². The fourth-order valence-electron chi connectivity index (χ4n) is 2.12. The zero-order valence-electron chi connectivity index (χ0n) is 10.8. The van der Waals surface area contributed by atoms with Crippen LogP contribution in [0.15, 0.2) is 36.4 Å². The number of rotatable bonds is 4. The second-order valence-electron chi connectivity index (χ2n) is 4.39. The van der Waals surface area contributed by atoms with Crippen molar-refractivity contribution in [2.45, 2.75) is 12.5 Å². The average Bonchev–Trinajstić information content (AvgIpc) is 2.42. The normalized spacial score (nSPS) is 12.4. The van der Waals surface area contributed by atoms with E-state index in [0.29, 0.717) is 22.0 Å². The van der Waals surface area contributed by atoms with E-state index < -0.39 is 5.82 Å². The van der Waals surface area contributed by atoms with E-state index >= 15 is 0 Å². The van der Waals surface area contributed by atoms with E-state index in [-0.39, 0.29) is 11.1 Å². The van der Waals surface area contributed by atoms with Crippen molar-refractivity contribution in [3.63, 3.8) is 0 Å². The number of hydrogen-bond donors (Lipinski definition) is 1. The molecule has 2 aromatic rings. The quantitative estimate of drug-likeness (QED) is 0.802. The molecular weight excluding hydrogens is 320 g/mol. The molecule has 1 nitrogen and oxygen atoms in total. The Kier molecular flexibility index (Phi) is 5.28. The van der Waals surface area contributed by atoms with Crippen molar-refractivity contribution in [3.05, 3.63) is 68.4 Å². The molecule has 20 heavy (non-hydrogen) atoms. The molecule has 0 saturated heterocycles. The van der Waals surface area contributed by atoms with Crippen molar-refractivity contribution in [1.29, 1.82) is 0 Å². The van der Waals surface area contributed by atoms with Crippen LogP contribution in [-0.4, -0.2) is 7.05 Å². The van der Waals surface area contributed by atoms with Gasteiger partial charge in [-0.05, 0) is 37.2 Å². The Bertz CT molecular complexity index is 596. The minimum atomic E-state index is -0.427. The second-order valence-corrected chi connectivity index (χ2v) is 5.59. The van der Waals surface area contributed by atoms with Gasteiger partial charge in [-0.15, -0.1) is 0 Å². The third-order valence-corrected chi connectivity index (χ3v) is 4.23. The van der Waals surface area contributed by atoms with Gasteiger partial charge >= 0.3 is 0 Å². The third-order valence-electron chi connectivity index (χ3n) is 3.15. The molecule has 0 radical (unpaired) electrons. The van der Waals surface area contributed by atoms with E-state index in [1.54, 1.807) is 37.4 Å². The molecule has 0 aliphatic rings. The highest BCUT2D eigenvalue weighted by Crippen LogP contribution is 2.33. The second kappa shape index (κ2) is 6.77. The van der Waals surface area contributed by atoms with Gasteiger partial charge in [-0.2, -0.15) is 0 Å². The van der Waals surface area contributed by atoms with Crippen molar-refractivity contribution < 1.29 is 4.39 Å². The van der Waals surface area contributed by atoms with E-state index in [4.69, 9.17) is 34.8 Å². The molecule has 0 bridgehead atoms. The summed E-state index contributed by atoms with van der Waals surface area (Å²) in [5.41, 5.74) is 1.50. The summed E-state index contributed by atoms with van der Waals surface area (Å²) in [4.78, 5) is 0. The Morgan fingerprint density at radius 2 is 1.65 bits per heavy atom. The molecule has 0 amide bonds. The topological polar surface area (TPSA) is 12.0 Å². The lowest BCUT2D eigenvalue weighted by molar-refractivity contribution is 0.585. The first-order chi connectivity index (χ1) is 9.54. The molecule has 1 N–H and O–H groups in total. The zero-order valence-corrected chi connectivity index (χ0v) is 13.0. The van der Waals surface area contributed by atoms with Crippen LogP contribution >= 0.6 is 34.8 Å². The van der Waals surface area contributed by atoms with Crippen LogP contribution in [0.1, 0.15) is 17.2 Å². The maximum Gasteiger partial charge on any atom is 0.142 e. The van der Waals surface area contributed by atoms with Gasteiger partial charge in [0, 0.05) is 21.7 Å². The fraction of sp³-hybridized carbons (Fsp3) is 0.200. The summed E-state index contributed by atoms with van der Waals surface area (Å²) >= 11 is 18.4. The lowest BCUT2D eigenvalue weighted by Gasteiger charge is -2.20. The van der Waals surface area contributed by atoms with Gasteiger partial charge in [0.05, 0.1) is 5.02 Å². The molecule has 0 saturated carbocycles. The first-order valence-corrected chi connectivity index (χ1v) is 7.22. The summed E-state index contributed by atoms with van der Waals surface area (Å²) in [6.07, 6.45) is 0.497. The summed E-state index contributed by atoms with van der Waals surface area (Å²) in [5, 5.41) is 4.43. The van der Waals surface area contributed by atoms with Gasteiger partial charge in [-0.3, -0.25) is 0 Å². The molecule has 106 valence electrons. The zero-order chi connectivity index (χ0) is 14.7. The smallest absolute Gasteiger partial charge is 0.142 e. The molecule has 2 rings (SSSR count). The molecule has 0 aliphatic heterocycles. The molecule has 0 fully saturated rings. The molecule has 0 aromatic heterocycles. The Balaban J connectivity index is 2.37. The summed E-state index contributed by atoms with van der Waals surface area (Å²) in [7, 11) is 1.80. The van der Waals surface area contributed by atoms with Gasteiger partial charge in [0.1, 0.15) is 5.82 Å². The molecular formula is C15H13Cl3FN. The maximum absolute atomic E-state index is 13.5. The molecule has 1 atom stereocenters. The van der Waals surface area contributed by atoms with Crippen LogP contribution in [0.3, 0.4) is 0 Å². The van der Waals surface area contributed by atoms with Crippen molar-refractivity contribution in [3.8, 4) is 0 Å². The highest BCUT2D eigenvalue weighted by Gasteiger charge is 2.18. The molecule has 0 aliphatic carbocycles. The minimum Gasteiger partial charge on any atom is -0.313 e. The summed E-state index contributed by atoms with van der Waals surface area (Å²) < 4.78 is 13.5. The van der Waals surface area contributed by atoms with E-state index in [2.05, 4.69) is 5.32 Å². The SMILES string of the molecule is CNC(Cc1cccc(F)c1Cl)c1c(Cl)cccc1Cl. The lowest BCUT2D eigenvalue weighted by Crippen LogP contribution is -2.20. The highest BCUT2D eigenvalue weighted by molar-refractivity contribution is 6.36. The van der Waals surface area contributed by atoms with Gasteiger partial charge in [0.25, 0.3) is 0 Å². The Hall–Kier alpha value is -0.800.